The van der Waals surface area contributed by atoms with Crippen LogP contribution in [0.1, 0.15) is 55.7 Å². The van der Waals surface area contributed by atoms with Crippen molar-refractivity contribution in [2.45, 2.75) is 52.2 Å². The highest BCUT2D eigenvalue weighted by molar-refractivity contribution is 6.28. The average Bonchev–Trinajstić information content (AvgIpc) is 3.04. The number of carbonyl (C=O) groups is 2. The fourth-order valence-corrected chi connectivity index (χ4v) is 4.40. The van der Waals surface area contributed by atoms with Crippen molar-refractivity contribution in [1.82, 2.24) is 24.0 Å². The largest absolute Gasteiger partial charge is 0.478 e. The number of halogens is 1. The van der Waals surface area contributed by atoms with E-state index in [1.54, 1.807) is 28.5 Å². The summed E-state index contributed by atoms with van der Waals surface area (Å²) >= 11 is 6.14. The molecule has 180 valence electrons. The Morgan fingerprint density at radius 3 is 2.29 bits per heavy atom. The number of nitrogens with zero attached hydrogens (tertiary/aromatic N) is 5. The van der Waals surface area contributed by atoms with Gasteiger partial charge in [0.1, 0.15) is 11.1 Å². The topological polar surface area (TPSA) is 120 Å². The molecular weight excluding hydrogens is 462 g/mol. The summed E-state index contributed by atoms with van der Waals surface area (Å²) in [5.41, 5.74) is 1.14. The maximum Gasteiger partial charge on any atom is 0.410 e. The number of aromatic nitrogens is 4. The van der Waals surface area contributed by atoms with Gasteiger partial charge in [0, 0.05) is 19.1 Å². The lowest BCUT2D eigenvalue weighted by Gasteiger charge is -2.33. The second-order valence-corrected chi connectivity index (χ2v) is 9.63. The van der Waals surface area contributed by atoms with Crippen molar-refractivity contribution in [3.63, 3.8) is 0 Å². The molecule has 10 nitrogen and oxygen atoms in total. The van der Waals surface area contributed by atoms with E-state index < -0.39 is 11.6 Å². The molecule has 1 aliphatic heterocycles. The van der Waals surface area contributed by atoms with Crippen LogP contribution in [-0.2, 0) is 4.74 Å². The lowest BCUT2D eigenvalue weighted by molar-refractivity contribution is 0.0188. The van der Waals surface area contributed by atoms with Crippen LogP contribution in [0.25, 0.3) is 16.9 Å². The molecule has 0 radical (unpaired) electrons. The predicted molar refractivity (Wildman–Crippen MR) is 126 cm³/mol. The van der Waals surface area contributed by atoms with Crippen molar-refractivity contribution in [3.8, 4) is 5.69 Å². The molecule has 34 heavy (non-hydrogen) atoms. The van der Waals surface area contributed by atoms with Gasteiger partial charge in [-0.1, -0.05) is 0 Å². The minimum absolute atomic E-state index is 0.0308. The molecule has 0 aliphatic carbocycles. The quantitative estimate of drug-likeness (QED) is 0.557. The lowest BCUT2D eigenvalue weighted by Crippen LogP contribution is -2.43. The van der Waals surface area contributed by atoms with Crippen molar-refractivity contribution in [1.29, 1.82) is 0 Å². The lowest BCUT2D eigenvalue weighted by atomic mass is 10.1. The Hall–Kier alpha value is -3.40. The highest BCUT2D eigenvalue weighted by atomic mass is 35.5. The van der Waals surface area contributed by atoms with Gasteiger partial charge in [-0.3, -0.25) is 9.13 Å². The van der Waals surface area contributed by atoms with Crippen molar-refractivity contribution < 1.29 is 19.4 Å². The molecule has 1 aliphatic rings. The van der Waals surface area contributed by atoms with Crippen LogP contribution < -0.4 is 5.69 Å². The third-order valence-electron chi connectivity index (χ3n) is 5.72. The number of hydrogen-bond acceptors (Lipinski definition) is 6. The van der Waals surface area contributed by atoms with E-state index in [2.05, 4.69) is 9.97 Å². The van der Waals surface area contributed by atoms with Crippen LogP contribution in [0, 0.1) is 6.92 Å². The molecule has 1 amide bonds. The Labute approximate surface area is 200 Å². The van der Waals surface area contributed by atoms with E-state index in [4.69, 9.17) is 16.3 Å². The summed E-state index contributed by atoms with van der Waals surface area (Å²) in [6.07, 6.45) is 0.703. The second-order valence-electron chi connectivity index (χ2n) is 9.29. The van der Waals surface area contributed by atoms with E-state index in [1.165, 1.54) is 16.7 Å². The molecule has 1 aromatic carbocycles. The van der Waals surface area contributed by atoms with Gasteiger partial charge in [0.2, 0.25) is 5.28 Å². The number of carbonyl (C=O) groups excluding carboxylic acids is 1. The van der Waals surface area contributed by atoms with E-state index in [-0.39, 0.29) is 28.7 Å². The third-order valence-corrected chi connectivity index (χ3v) is 5.88. The monoisotopic (exact) mass is 487 g/mol. The minimum atomic E-state index is -1.05. The summed E-state index contributed by atoms with van der Waals surface area (Å²) in [4.78, 5) is 47.6. The molecule has 1 N–H and O–H groups in total. The number of hydrogen-bond donors (Lipinski definition) is 1. The second kappa shape index (κ2) is 8.75. The maximum absolute atomic E-state index is 13.7. The van der Waals surface area contributed by atoms with Crippen LogP contribution in [0.4, 0.5) is 4.79 Å². The highest BCUT2D eigenvalue weighted by Gasteiger charge is 2.31. The number of carboxylic acids is 1. The summed E-state index contributed by atoms with van der Waals surface area (Å²) in [7, 11) is 0. The summed E-state index contributed by atoms with van der Waals surface area (Å²) < 4.78 is 8.55. The number of aryl methyl sites for hydroxylation is 1. The van der Waals surface area contributed by atoms with Gasteiger partial charge in [-0.25, -0.2) is 19.4 Å². The summed E-state index contributed by atoms with van der Waals surface area (Å²) in [6.45, 7) is 8.07. The van der Waals surface area contributed by atoms with Gasteiger partial charge in [-0.15, -0.1) is 0 Å². The highest BCUT2D eigenvalue weighted by Crippen LogP contribution is 2.28. The van der Waals surface area contributed by atoms with E-state index in [9.17, 15) is 19.5 Å². The fourth-order valence-electron chi connectivity index (χ4n) is 4.20. The van der Waals surface area contributed by atoms with E-state index in [0.717, 1.165) is 0 Å². The molecule has 0 atom stereocenters. The molecule has 3 aromatic rings. The number of rotatable bonds is 3. The van der Waals surface area contributed by atoms with Crippen LogP contribution >= 0.6 is 11.6 Å². The first-order chi connectivity index (χ1) is 16.0. The number of benzene rings is 1. The number of piperidine rings is 1. The van der Waals surface area contributed by atoms with Crippen LogP contribution in [0.5, 0.6) is 0 Å². The van der Waals surface area contributed by atoms with Crippen molar-refractivity contribution in [3.05, 3.63) is 51.3 Å². The molecule has 11 heteroatoms. The first-order valence-electron chi connectivity index (χ1n) is 10.9. The van der Waals surface area contributed by atoms with Crippen LogP contribution in [-0.4, -0.2) is 59.9 Å². The molecule has 0 saturated carbocycles. The normalized spacial score (nSPS) is 15.0. The Balaban J connectivity index is 1.73. The zero-order valence-electron chi connectivity index (χ0n) is 19.4. The molecular formula is C23H26ClN5O5. The fraction of sp³-hybridized carbons (Fsp3) is 0.435. The molecule has 0 unspecified atom stereocenters. The van der Waals surface area contributed by atoms with Crippen LogP contribution in [0.3, 0.4) is 0 Å². The van der Waals surface area contributed by atoms with Gasteiger partial charge in [0.25, 0.3) is 0 Å². The summed E-state index contributed by atoms with van der Waals surface area (Å²) in [5, 5.41) is 9.23. The van der Waals surface area contributed by atoms with Gasteiger partial charge < -0.3 is 14.7 Å². The van der Waals surface area contributed by atoms with Crippen molar-refractivity contribution >= 4 is 34.8 Å². The van der Waals surface area contributed by atoms with Crippen LogP contribution in [0.15, 0.2) is 29.1 Å². The van der Waals surface area contributed by atoms with Crippen molar-refractivity contribution in [2.75, 3.05) is 13.1 Å². The molecule has 1 saturated heterocycles. The van der Waals surface area contributed by atoms with Gasteiger partial charge in [-0.2, -0.15) is 4.98 Å². The Kier molecular flexibility index (Phi) is 6.11. The van der Waals surface area contributed by atoms with E-state index in [0.29, 0.717) is 48.5 Å². The average molecular weight is 488 g/mol. The van der Waals surface area contributed by atoms with Gasteiger partial charge in [0.15, 0.2) is 5.65 Å². The standard InChI is InChI=1S/C23H26ClN5O5/c1-13-17-18(26-20(24)25-13)29(16-9-11-27(12-10-16)22(33)34-23(2,3)4)21(32)28(17)15-7-5-14(6-8-15)19(30)31/h5-8,16H,9-12H2,1-4H3,(H,30,31). The van der Waals surface area contributed by atoms with Gasteiger partial charge >= 0.3 is 17.8 Å². The maximum atomic E-state index is 13.7. The molecule has 0 bridgehead atoms. The Morgan fingerprint density at radius 2 is 1.74 bits per heavy atom. The number of imidazole rings is 1. The van der Waals surface area contributed by atoms with Crippen LogP contribution in [0.2, 0.25) is 5.28 Å². The zero-order valence-corrected chi connectivity index (χ0v) is 20.2. The Morgan fingerprint density at radius 1 is 1.12 bits per heavy atom. The molecule has 3 heterocycles. The minimum Gasteiger partial charge on any atom is -0.478 e. The molecule has 1 fully saturated rings. The number of aromatic carboxylic acids is 1. The first-order valence-corrected chi connectivity index (χ1v) is 11.3. The smallest absolute Gasteiger partial charge is 0.410 e. The summed E-state index contributed by atoms with van der Waals surface area (Å²) in [5.74, 6) is -1.05. The molecule has 2 aromatic heterocycles. The molecule has 4 rings (SSSR count). The van der Waals surface area contributed by atoms with E-state index >= 15 is 0 Å². The SMILES string of the molecule is Cc1nc(Cl)nc2c1n(-c1ccc(C(=O)O)cc1)c(=O)n2C1CCN(C(=O)OC(C)(C)C)CC1. The zero-order chi connectivity index (χ0) is 24.8. The van der Waals surface area contributed by atoms with Gasteiger partial charge in [0.05, 0.1) is 16.9 Å². The summed E-state index contributed by atoms with van der Waals surface area (Å²) in [6, 6.07) is 5.83. The number of carboxylic acid groups (broad SMARTS) is 1. The predicted octanol–water partition coefficient (Wildman–Crippen LogP) is 3.81. The first kappa shape index (κ1) is 23.7. The number of likely N-dealkylation sites (tertiary alicyclic amines) is 1. The number of ether oxygens (including phenoxy) is 1. The van der Waals surface area contributed by atoms with Gasteiger partial charge in [-0.05, 0) is 76.4 Å². The number of amides is 1. The Bertz CT molecular complexity index is 1310. The number of fused-ring (bicyclic) bond motifs is 1. The van der Waals surface area contributed by atoms with E-state index in [1.807, 2.05) is 20.8 Å². The molecule has 0 spiro atoms. The van der Waals surface area contributed by atoms with Crippen molar-refractivity contribution in [2.24, 2.45) is 0 Å². The third kappa shape index (κ3) is 4.50.